The van der Waals surface area contributed by atoms with E-state index in [4.69, 9.17) is 10.3 Å². The number of amides is 2. The van der Waals surface area contributed by atoms with E-state index in [0.717, 1.165) is 41.5 Å². The van der Waals surface area contributed by atoms with Gasteiger partial charge in [0.15, 0.2) is 0 Å². The Kier molecular flexibility index (Phi) is 10.8. The highest BCUT2D eigenvalue weighted by atomic mass is 16.5. The maximum absolute atomic E-state index is 12.4. The zero-order chi connectivity index (χ0) is 26.5. The first-order valence-corrected chi connectivity index (χ1v) is 12.6. The van der Waals surface area contributed by atoms with Crippen molar-refractivity contribution in [2.45, 2.75) is 56.9 Å². The van der Waals surface area contributed by atoms with Crippen LogP contribution in [0.1, 0.15) is 62.0 Å². The molecule has 0 heterocycles. The third kappa shape index (κ3) is 8.25. The summed E-state index contributed by atoms with van der Waals surface area (Å²) in [6.45, 7) is 0.992. The number of carboxylic acids is 1. The lowest BCUT2D eigenvalue weighted by Gasteiger charge is -2.17. The smallest absolute Gasteiger partial charge is 0.407 e. The zero-order valence-corrected chi connectivity index (χ0v) is 20.8. The van der Waals surface area contributed by atoms with Gasteiger partial charge in [-0.2, -0.15) is 0 Å². The maximum atomic E-state index is 12.4. The Balaban J connectivity index is 1.36. The Morgan fingerprint density at radius 3 is 2.30 bits per heavy atom. The van der Waals surface area contributed by atoms with E-state index >= 15 is 0 Å². The van der Waals surface area contributed by atoms with Crippen molar-refractivity contribution in [3.8, 4) is 11.1 Å². The SMILES string of the molecule is [N-]=[N+]=NCCCCCC(=O)NCCCC[C@H](NC(=O)OCC1c2ccccc2-c2ccccc21)C(=O)O. The number of nitrogens with zero attached hydrogens (tertiary/aromatic N) is 3. The summed E-state index contributed by atoms with van der Waals surface area (Å²) in [7, 11) is 0. The quantitative estimate of drug-likeness (QED) is 0.132. The van der Waals surface area contributed by atoms with Gasteiger partial charge in [0.05, 0.1) is 0 Å². The van der Waals surface area contributed by atoms with Crippen LogP contribution in [0, 0.1) is 0 Å². The van der Waals surface area contributed by atoms with Gasteiger partial charge in [0.25, 0.3) is 0 Å². The van der Waals surface area contributed by atoms with Crippen LogP contribution in [0.15, 0.2) is 53.6 Å². The number of alkyl carbamates (subject to hydrolysis) is 1. The third-order valence-corrected chi connectivity index (χ3v) is 6.40. The number of unbranched alkanes of at least 4 members (excludes halogenated alkanes) is 3. The van der Waals surface area contributed by atoms with Crippen molar-refractivity contribution < 1.29 is 24.2 Å². The predicted octanol–water partition coefficient (Wildman–Crippen LogP) is 5.14. The summed E-state index contributed by atoms with van der Waals surface area (Å²) < 4.78 is 5.45. The highest BCUT2D eigenvalue weighted by Crippen LogP contribution is 2.44. The number of benzene rings is 2. The van der Waals surface area contributed by atoms with Crippen LogP contribution in [0.25, 0.3) is 21.6 Å². The molecule has 3 N–H and O–H groups in total. The molecule has 0 fully saturated rings. The van der Waals surface area contributed by atoms with Crippen molar-refractivity contribution >= 4 is 18.0 Å². The number of aliphatic carboxylic acids is 1. The lowest BCUT2D eigenvalue weighted by molar-refractivity contribution is -0.139. The monoisotopic (exact) mass is 507 g/mol. The Morgan fingerprint density at radius 1 is 0.973 bits per heavy atom. The summed E-state index contributed by atoms with van der Waals surface area (Å²) in [5.74, 6) is -1.29. The molecule has 3 rings (SSSR count). The Labute approximate surface area is 216 Å². The van der Waals surface area contributed by atoms with Gasteiger partial charge < -0.3 is 20.5 Å². The van der Waals surface area contributed by atoms with Gasteiger partial charge >= 0.3 is 12.1 Å². The van der Waals surface area contributed by atoms with Gasteiger partial charge in [-0.1, -0.05) is 60.1 Å². The summed E-state index contributed by atoms with van der Waals surface area (Å²) in [6.07, 6.45) is 3.28. The van der Waals surface area contributed by atoms with Crippen LogP contribution in [-0.4, -0.2) is 48.8 Å². The molecule has 10 nitrogen and oxygen atoms in total. The number of carbonyl (C=O) groups excluding carboxylic acids is 2. The van der Waals surface area contributed by atoms with Gasteiger partial charge in [-0.15, -0.1) is 0 Å². The molecule has 2 aromatic rings. The largest absolute Gasteiger partial charge is 0.480 e. The molecule has 10 heteroatoms. The molecule has 0 spiro atoms. The minimum Gasteiger partial charge on any atom is -0.480 e. The van der Waals surface area contributed by atoms with Crippen LogP contribution in [0.2, 0.25) is 0 Å². The van der Waals surface area contributed by atoms with Crippen LogP contribution in [0.5, 0.6) is 0 Å². The van der Waals surface area contributed by atoms with Crippen LogP contribution in [-0.2, 0) is 14.3 Å². The summed E-state index contributed by atoms with van der Waals surface area (Å²) >= 11 is 0. The van der Waals surface area contributed by atoms with Crippen molar-refractivity contribution in [1.29, 1.82) is 0 Å². The molecule has 2 amide bonds. The van der Waals surface area contributed by atoms with E-state index in [0.29, 0.717) is 32.4 Å². The lowest BCUT2D eigenvalue weighted by Crippen LogP contribution is -2.41. The van der Waals surface area contributed by atoms with Gasteiger partial charge in [0.1, 0.15) is 12.6 Å². The molecular formula is C27H33N5O5. The van der Waals surface area contributed by atoms with Crippen molar-refractivity contribution in [3.63, 3.8) is 0 Å². The number of hydrogen-bond donors (Lipinski definition) is 3. The second-order valence-electron chi connectivity index (χ2n) is 8.97. The first-order valence-electron chi connectivity index (χ1n) is 12.6. The standard InChI is InChI=1S/C27H33N5O5/c28-32-30-17-8-1-2-15-25(33)29-16-9-7-14-24(26(34)35)31-27(36)37-18-23-21-12-5-3-10-19(21)20-11-4-6-13-22(20)23/h3-6,10-13,23-24H,1-2,7-9,14-18H2,(H,29,33)(H,31,36)(H,34,35)/t24-/m0/s1. The molecule has 1 aliphatic carbocycles. The van der Waals surface area contributed by atoms with Crippen molar-refractivity contribution in [1.82, 2.24) is 10.6 Å². The van der Waals surface area contributed by atoms with Crippen LogP contribution in [0.3, 0.4) is 0 Å². The first-order chi connectivity index (χ1) is 18.0. The number of nitrogens with one attached hydrogen (secondary N) is 2. The molecule has 1 aliphatic rings. The minimum absolute atomic E-state index is 0.0599. The van der Waals surface area contributed by atoms with Gasteiger partial charge in [-0.3, -0.25) is 4.79 Å². The van der Waals surface area contributed by atoms with Crippen LogP contribution in [0.4, 0.5) is 4.79 Å². The molecule has 196 valence electrons. The van der Waals surface area contributed by atoms with E-state index in [2.05, 4.69) is 20.7 Å². The lowest BCUT2D eigenvalue weighted by atomic mass is 9.98. The van der Waals surface area contributed by atoms with E-state index in [-0.39, 0.29) is 24.9 Å². The van der Waals surface area contributed by atoms with Gasteiger partial charge in [-0.25, -0.2) is 9.59 Å². The van der Waals surface area contributed by atoms with E-state index in [1.165, 1.54) is 0 Å². The number of azide groups is 1. The fourth-order valence-corrected chi connectivity index (χ4v) is 4.52. The number of carbonyl (C=O) groups is 3. The fraction of sp³-hybridized carbons (Fsp3) is 0.444. The van der Waals surface area contributed by atoms with E-state index in [9.17, 15) is 19.5 Å². The molecule has 0 saturated carbocycles. The third-order valence-electron chi connectivity index (χ3n) is 6.40. The molecule has 0 radical (unpaired) electrons. The van der Waals surface area contributed by atoms with E-state index < -0.39 is 18.1 Å². The molecule has 2 aromatic carbocycles. The Bertz CT molecular complexity index is 1090. The van der Waals surface area contributed by atoms with Gasteiger partial charge in [-0.05, 0) is 59.9 Å². The number of carboxylic acid groups (broad SMARTS) is 1. The maximum Gasteiger partial charge on any atom is 0.407 e. The second-order valence-corrected chi connectivity index (χ2v) is 8.97. The molecule has 0 aromatic heterocycles. The molecule has 0 aliphatic heterocycles. The minimum atomic E-state index is -1.13. The summed E-state index contributed by atoms with van der Waals surface area (Å²) in [5, 5.41) is 18.2. The Morgan fingerprint density at radius 2 is 1.65 bits per heavy atom. The summed E-state index contributed by atoms with van der Waals surface area (Å²) in [6, 6.07) is 14.9. The normalized spacial score (nSPS) is 12.5. The number of ether oxygens (including phenoxy) is 1. The molecule has 1 atom stereocenters. The van der Waals surface area contributed by atoms with Crippen molar-refractivity contribution in [2.24, 2.45) is 5.11 Å². The average Bonchev–Trinajstić information content (AvgIpc) is 3.22. The molecule has 0 unspecified atom stereocenters. The number of hydrogen-bond acceptors (Lipinski definition) is 5. The van der Waals surface area contributed by atoms with Crippen molar-refractivity contribution in [3.05, 3.63) is 70.1 Å². The average molecular weight is 508 g/mol. The molecule has 37 heavy (non-hydrogen) atoms. The van der Waals surface area contributed by atoms with Crippen molar-refractivity contribution in [2.75, 3.05) is 19.7 Å². The number of rotatable bonds is 15. The first kappa shape index (κ1) is 27.5. The summed E-state index contributed by atoms with van der Waals surface area (Å²) in [4.78, 5) is 38.6. The van der Waals surface area contributed by atoms with E-state index in [1.807, 2.05) is 48.5 Å². The second kappa shape index (κ2) is 14.5. The van der Waals surface area contributed by atoms with Crippen LogP contribution < -0.4 is 10.6 Å². The molecular weight excluding hydrogens is 474 g/mol. The summed E-state index contributed by atoms with van der Waals surface area (Å²) in [5.41, 5.74) is 12.6. The fourth-order valence-electron chi connectivity index (χ4n) is 4.52. The molecule has 0 bridgehead atoms. The molecule has 0 saturated heterocycles. The van der Waals surface area contributed by atoms with Gasteiger partial charge in [0.2, 0.25) is 5.91 Å². The highest BCUT2D eigenvalue weighted by Gasteiger charge is 2.29. The Hall–Kier alpha value is -4.04. The number of fused-ring (bicyclic) bond motifs is 3. The topological polar surface area (TPSA) is 153 Å². The predicted molar refractivity (Wildman–Crippen MR) is 139 cm³/mol. The van der Waals surface area contributed by atoms with E-state index in [1.54, 1.807) is 0 Å². The highest BCUT2D eigenvalue weighted by molar-refractivity contribution is 5.81. The van der Waals surface area contributed by atoms with Gasteiger partial charge in [0, 0.05) is 30.3 Å². The van der Waals surface area contributed by atoms with Crippen LogP contribution >= 0.6 is 0 Å². The zero-order valence-electron chi connectivity index (χ0n) is 20.8.